The fourth-order valence-corrected chi connectivity index (χ4v) is 1.84. The van der Waals surface area contributed by atoms with Gasteiger partial charge in [0, 0.05) is 5.02 Å². The standard InChI is InChI=1S/C12H15ClF3NO.ClH/c1-6(2)11(18)10(17)8-4-3-7(13)5-9(8)12(14,15)16;/h3-6,10-11,18H,17H2,1-2H3;1H/t10-,11+;/m1./s1. The number of aliphatic hydroxyl groups excluding tert-OH is 1. The van der Waals surface area contributed by atoms with E-state index in [0.717, 1.165) is 6.07 Å². The van der Waals surface area contributed by atoms with Gasteiger partial charge in [-0.3, -0.25) is 0 Å². The van der Waals surface area contributed by atoms with E-state index in [1.54, 1.807) is 13.8 Å². The fraction of sp³-hybridized carbons (Fsp3) is 0.500. The molecule has 0 saturated carbocycles. The highest BCUT2D eigenvalue weighted by Gasteiger charge is 2.36. The molecule has 1 rings (SSSR count). The minimum Gasteiger partial charge on any atom is -0.391 e. The number of halogens is 5. The number of aliphatic hydroxyl groups is 1. The predicted octanol–water partition coefficient (Wildman–Crippen LogP) is 3.80. The molecule has 7 heteroatoms. The van der Waals surface area contributed by atoms with Gasteiger partial charge in [0.15, 0.2) is 0 Å². The zero-order chi connectivity index (χ0) is 14.1. The molecule has 0 saturated heterocycles. The molecule has 0 bridgehead atoms. The first kappa shape index (κ1) is 18.5. The summed E-state index contributed by atoms with van der Waals surface area (Å²) in [5.74, 6) is -0.239. The smallest absolute Gasteiger partial charge is 0.391 e. The first-order valence-corrected chi connectivity index (χ1v) is 5.82. The Balaban J connectivity index is 0.00000324. The Labute approximate surface area is 121 Å². The molecule has 0 aromatic heterocycles. The molecule has 0 radical (unpaired) electrons. The van der Waals surface area contributed by atoms with Crippen molar-refractivity contribution in [1.82, 2.24) is 0 Å². The van der Waals surface area contributed by atoms with E-state index in [0.29, 0.717) is 0 Å². The van der Waals surface area contributed by atoms with E-state index < -0.39 is 23.9 Å². The van der Waals surface area contributed by atoms with E-state index in [1.807, 2.05) is 0 Å². The summed E-state index contributed by atoms with van der Waals surface area (Å²) < 4.78 is 38.6. The van der Waals surface area contributed by atoms with Crippen LogP contribution in [-0.4, -0.2) is 11.2 Å². The van der Waals surface area contributed by atoms with Gasteiger partial charge in [-0.15, -0.1) is 12.4 Å². The van der Waals surface area contributed by atoms with E-state index in [1.165, 1.54) is 12.1 Å². The molecule has 0 unspecified atom stereocenters. The first-order valence-electron chi connectivity index (χ1n) is 5.45. The molecular weight excluding hydrogens is 302 g/mol. The van der Waals surface area contributed by atoms with Crippen LogP contribution in [0.4, 0.5) is 13.2 Å². The van der Waals surface area contributed by atoms with Crippen molar-refractivity contribution in [2.24, 2.45) is 11.7 Å². The van der Waals surface area contributed by atoms with Gasteiger partial charge in [0.25, 0.3) is 0 Å². The second-order valence-corrected chi connectivity index (χ2v) is 4.93. The molecule has 0 aliphatic rings. The molecule has 0 aliphatic carbocycles. The highest BCUT2D eigenvalue weighted by Crippen LogP contribution is 2.37. The second kappa shape index (κ2) is 6.79. The Morgan fingerprint density at radius 2 is 1.79 bits per heavy atom. The quantitative estimate of drug-likeness (QED) is 0.890. The summed E-state index contributed by atoms with van der Waals surface area (Å²) in [4.78, 5) is 0. The van der Waals surface area contributed by atoms with Crippen LogP contribution in [0.3, 0.4) is 0 Å². The van der Waals surface area contributed by atoms with Crippen molar-refractivity contribution in [3.63, 3.8) is 0 Å². The van der Waals surface area contributed by atoms with Crippen LogP contribution < -0.4 is 5.73 Å². The van der Waals surface area contributed by atoms with E-state index in [4.69, 9.17) is 17.3 Å². The fourth-order valence-electron chi connectivity index (χ4n) is 1.66. The molecule has 110 valence electrons. The Morgan fingerprint density at radius 3 is 2.21 bits per heavy atom. The lowest BCUT2D eigenvalue weighted by molar-refractivity contribution is -0.138. The molecule has 1 aromatic rings. The van der Waals surface area contributed by atoms with Gasteiger partial charge in [-0.2, -0.15) is 13.2 Å². The molecule has 19 heavy (non-hydrogen) atoms. The molecular formula is C12H16Cl2F3NO. The van der Waals surface area contributed by atoms with Crippen molar-refractivity contribution >= 4 is 24.0 Å². The molecule has 2 atom stereocenters. The summed E-state index contributed by atoms with van der Waals surface area (Å²) in [5, 5.41) is 9.77. The summed E-state index contributed by atoms with van der Waals surface area (Å²) in [6.45, 7) is 3.38. The Kier molecular flexibility index (Phi) is 6.62. The molecule has 0 amide bonds. The van der Waals surface area contributed by atoms with Crippen LogP contribution in [0.25, 0.3) is 0 Å². The lowest BCUT2D eigenvalue weighted by Gasteiger charge is -2.25. The van der Waals surface area contributed by atoms with E-state index in [9.17, 15) is 18.3 Å². The van der Waals surface area contributed by atoms with Gasteiger partial charge < -0.3 is 10.8 Å². The number of benzene rings is 1. The van der Waals surface area contributed by atoms with Gasteiger partial charge in [-0.25, -0.2) is 0 Å². The van der Waals surface area contributed by atoms with Crippen LogP contribution in [0.5, 0.6) is 0 Å². The topological polar surface area (TPSA) is 46.2 Å². The molecule has 0 fully saturated rings. The minimum atomic E-state index is -4.55. The van der Waals surface area contributed by atoms with Gasteiger partial charge >= 0.3 is 6.18 Å². The molecule has 0 spiro atoms. The number of nitrogens with two attached hydrogens (primary N) is 1. The van der Waals surface area contributed by atoms with Gasteiger partial charge in [0.1, 0.15) is 0 Å². The second-order valence-electron chi connectivity index (χ2n) is 4.49. The zero-order valence-electron chi connectivity index (χ0n) is 10.4. The normalized spacial score (nSPS) is 15.0. The third-order valence-corrected chi connectivity index (χ3v) is 2.97. The van der Waals surface area contributed by atoms with Crippen LogP contribution in [-0.2, 0) is 6.18 Å². The van der Waals surface area contributed by atoms with Crippen molar-refractivity contribution in [3.8, 4) is 0 Å². The summed E-state index contributed by atoms with van der Waals surface area (Å²) in [6.07, 6.45) is -5.60. The minimum absolute atomic E-state index is 0. The number of rotatable bonds is 3. The predicted molar refractivity (Wildman–Crippen MR) is 71.5 cm³/mol. The molecule has 3 N–H and O–H groups in total. The maximum absolute atomic E-state index is 12.9. The van der Waals surface area contributed by atoms with E-state index in [2.05, 4.69) is 0 Å². The van der Waals surface area contributed by atoms with Crippen LogP contribution in [0, 0.1) is 5.92 Å². The monoisotopic (exact) mass is 317 g/mol. The Hall–Kier alpha value is -0.490. The van der Waals surface area contributed by atoms with Gasteiger partial charge in [-0.05, 0) is 23.6 Å². The Bertz CT molecular complexity index is 424. The summed E-state index contributed by atoms with van der Waals surface area (Å²) in [6, 6.07) is 2.27. The highest BCUT2D eigenvalue weighted by atomic mass is 35.5. The highest BCUT2D eigenvalue weighted by molar-refractivity contribution is 6.30. The van der Waals surface area contributed by atoms with Crippen molar-refractivity contribution in [2.45, 2.75) is 32.2 Å². The van der Waals surface area contributed by atoms with E-state index >= 15 is 0 Å². The summed E-state index contributed by atoms with van der Waals surface area (Å²) in [7, 11) is 0. The average Bonchev–Trinajstić information content (AvgIpc) is 2.25. The molecule has 2 nitrogen and oxygen atoms in total. The lowest BCUT2D eigenvalue weighted by atomic mass is 9.91. The van der Waals surface area contributed by atoms with Gasteiger partial charge in [0.2, 0.25) is 0 Å². The lowest BCUT2D eigenvalue weighted by Crippen LogP contribution is -2.32. The van der Waals surface area contributed by atoms with Gasteiger partial charge in [-0.1, -0.05) is 31.5 Å². The first-order chi connectivity index (χ1) is 8.14. The van der Waals surface area contributed by atoms with Crippen molar-refractivity contribution in [3.05, 3.63) is 34.3 Å². The Morgan fingerprint density at radius 1 is 1.26 bits per heavy atom. The summed E-state index contributed by atoms with van der Waals surface area (Å²) >= 11 is 5.57. The largest absolute Gasteiger partial charge is 0.416 e. The van der Waals surface area contributed by atoms with Gasteiger partial charge in [0.05, 0.1) is 17.7 Å². The van der Waals surface area contributed by atoms with E-state index in [-0.39, 0.29) is 28.9 Å². The summed E-state index contributed by atoms with van der Waals surface area (Å²) in [5.41, 5.74) is 4.65. The van der Waals surface area contributed by atoms with Crippen LogP contribution in [0.15, 0.2) is 18.2 Å². The third kappa shape index (κ3) is 4.53. The maximum atomic E-state index is 12.9. The number of hydrogen-bond donors (Lipinski definition) is 2. The number of hydrogen-bond acceptors (Lipinski definition) is 2. The number of alkyl halides is 3. The van der Waals surface area contributed by atoms with Crippen LogP contribution in [0.1, 0.15) is 31.0 Å². The molecule has 0 aliphatic heterocycles. The SMILES string of the molecule is CC(C)[C@H](O)[C@H](N)c1ccc(Cl)cc1C(F)(F)F.Cl. The maximum Gasteiger partial charge on any atom is 0.416 e. The van der Waals surface area contributed by atoms with Crippen molar-refractivity contribution < 1.29 is 18.3 Å². The molecule has 1 aromatic carbocycles. The van der Waals surface area contributed by atoms with Crippen LogP contribution >= 0.6 is 24.0 Å². The van der Waals surface area contributed by atoms with Crippen LogP contribution in [0.2, 0.25) is 5.02 Å². The average molecular weight is 318 g/mol. The molecule has 0 heterocycles. The van der Waals surface area contributed by atoms with Crippen molar-refractivity contribution in [2.75, 3.05) is 0 Å². The van der Waals surface area contributed by atoms with Crippen molar-refractivity contribution in [1.29, 1.82) is 0 Å². The zero-order valence-corrected chi connectivity index (χ0v) is 12.0. The third-order valence-electron chi connectivity index (χ3n) is 2.73.